The van der Waals surface area contributed by atoms with Crippen LogP contribution in [-0.2, 0) is 10.0 Å². The smallest absolute Gasteiger partial charge is 0.240 e. The Hall–Kier alpha value is -0.330. The van der Waals surface area contributed by atoms with E-state index in [1.807, 2.05) is 13.8 Å². The summed E-state index contributed by atoms with van der Waals surface area (Å²) in [6.45, 7) is 3.98. The van der Waals surface area contributed by atoms with Crippen LogP contribution in [-0.4, -0.2) is 26.7 Å². The molecular weight excluding hydrogens is 309 g/mol. The Balaban J connectivity index is 2.87. The lowest BCUT2D eigenvalue weighted by Gasteiger charge is -2.23. The van der Waals surface area contributed by atoms with Gasteiger partial charge >= 0.3 is 0 Å². The normalized spacial score (nSPS) is 12.7. The van der Waals surface area contributed by atoms with Crippen LogP contribution in [0.4, 0.5) is 0 Å². The summed E-state index contributed by atoms with van der Waals surface area (Å²) in [4.78, 5) is 0.0322. The topological polar surface area (TPSA) is 66.4 Å². The highest BCUT2D eigenvalue weighted by molar-refractivity contribution is 7.89. The molecule has 0 atom stereocenters. The number of sulfonamides is 1. The van der Waals surface area contributed by atoms with Crippen molar-refractivity contribution in [1.29, 1.82) is 0 Å². The molecule has 0 heterocycles. The fourth-order valence-corrected chi connectivity index (χ4v) is 3.42. The molecule has 1 aromatic carbocycles. The number of benzene rings is 1. The molecule has 2 N–H and O–H groups in total. The van der Waals surface area contributed by atoms with Crippen LogP contribution in [0.5, 0.6) is 0 Å². The summed E-state index contributed by atoms with van der Waals surface area (Å²) in [7, 11) is -3.66. The zero-order valence-electron chi connectivity index (χ0n) is 10.8. The second-order valence-electron chi connectivity index (χ2n) is 5.07. The number of halogens is 2. The molecule has 0 aliphatic heterocycles. The van der Waals surface area contributed by atoms with Crippen molar-refractivity contribution in [3.8, 4) is 0 Å². The van der Waals surface area contributed by atoms with Crippen molar-refractivity contribution < 1.29 is 13.5 Å². The summed E-state index contributed by atoms with van der Waals surface area (Å²) in [5.41, 5.74) is -0.329. The molecule has 108 valence electrons. The van der Waals surface area contributed by atoms with Crippen LogP contribution in [0.2, 0.25) is 10.0 Å². The molecule has 0 spiro atoms. The van der Waals surface area contributed by atoms with Crippen molar-refractivity contribution in [2.45, 2.75) is 25.2 Å². The van der Waals surface area contributed by atoms with E-state index in [2.05, 4.69) is 4.72 Å². The quantitative estimate of drug-likeness (QED) is 0.845. The summed E-state index contributed by atoms with van der Waals surface area (Å²) in [6.07, 6.45) is 0.506. The van der Waals surface area contributed by atoms with Crippen molar-refractivity contribution in [3.63, 3.8) is 0 Å². The van der Waals surface area contributed by atoms with Gasteiger partial charge in [0.1, 0.15) is 0 Å². The molecule has 0 saturated carbocycles. The first-order chi connectivity index (χ1) is 8.66. The minimum absolute atomic E-state index is 0.0116. The molecule has 0 aromatic heterocycles. The molecule has 0 aliphatic rings. The Bertz CT molecular complexity index is 524. The van der Waals surface area contributed by atoms with Crippen LogP contribution in [0.1, 0.15) is 20.3 Å². The average molecular weight is 326 g/mol. The highest BCUT2D eigenvalue weighted by Gasteiger charge is 2.22. The number of aliphatic hydroxyl groups is 1. The van der Waals surface area contributed by atoms with Gasteiger partial charge in [-0.3, -0.25) is 0 Å². The van der Waals surface area contributed by atoms with Gasteiger partial charge in [-0.25, -0.2) is 13.1 Å². The van der Waals surface area contributed by atoms with Crippen LogP contribution in [0, 0.1) is 5.41 Å². The fourth-order valence-electron chi connectivity index (χ4n) is 1.45. The van der Waals surface area contributed by atoms with Gasteiger partial charge in [-0.1, -0.05) is 37.0 Å². The Morgan fingerprint density at radius 2 is 1.74 bits per heavy atom. The van der Waals surface area contributed by atoms with Gasteiger partial charge in [-0.15, -0.1) is 0 Å². The van der Waals surface area contributed by atoms with Crippen LogP contribution in [0.15, 0.2) is 23.1 Å². The Labute approximate surface area is 123 Å². The van der Waals surface area contributed by atoms with E-state index < -0.39 is 10.0 Å². The van der Waals surface area contributed by atoms with E-state index in [9.17, 15) is 8.42 Å². The lowest BCUT2D eigenvalue weighted by atomic mass is 9.90. The maximum atomic E-state index is 12.1. The molecule has 0 aliphatic carbocycles. The van der Waals surface area contributed by atoms with E-state index in [1.165, 1.54) is 18.2 Å². The Kier molecular flexibility index (Phi) is 5.65. The van der Waals surface area contributed by atoms with Crippen molar-refractivity contribution in [2.24, 2.45) is 5.41 Å². The van der Waals surface area contributed by atoms with Crippen LogP contribution in [0.25, 0.3) is 0 Å². The maximum Gasteiger partial charge on any atom is 0.240 e. The first-order valence-corrected chi connectivity index (χ1v) is 7.97. The highest BCUT2D eigenvalue weighted by atomic mass is 35.5. The largest absolute Gasteiger partial charge is 0.396 e. The molecule has 19 heavy (non-hydrogen) atoms. The second-order valence-corrected chi connectivity index (χ2v) is 7.71. The van der Waals surface area contributed by atoms with E-state index in [0.717, 1.165) is 0 Å². The zero-order valence-corrected chi connectivity index (χ0v) is 13.1. The standard InChI is InChI=1S/C12H17Cl2NO3S/c1-12(2,3-4-16)8-15-19(17,18)11-6-9(13)5-10(14)7-11/h5-7,15-16H,3-4,8H2,1-2H3. The van der Waals surface area contributed by atoms with Crippen molar-refractivity contribution in [3.05, 3.63) is 28.2 Å². The summed E-state index contributed by atoms with van der Waals surface area (Å²) in [5.74, 6) is 0. The SMILES string of the molecule is CC(C)(CCO)CNS(=O)(=O)c1cc(Cl)cc(Cl)c1. The first kappa shape index (κ1) is 16.7. The molecule has 0 fully saturated rings. The van der Waals surface area contributed by atoms with Crippen LogP contribution in [0.3, 0.4) is 0 Å². The maximum absolute atomic E-state index is 12.1. The zero-order chi connectivity index (χ0) is 14.7. The van der Waals surface area contributed by atoms with E-state index >= 15 is 0 Å². The molecule has 0 saturated heterocycles. The van der Waals surface area contributed by atoms with E-state index in [-0.39, 0.29) is 33.5 Å². The molecule has 0 radical (unpaired) electrons. The third kappa shape index (κ3) is 5.28. The first-order valence-electron chi connectivity index (χ1n) is 5.73. The summed E-state index contributed by atoms with van der Waals surface area (Å²) < 4.78 is 26.7. The predicted molar refractivity (Wildman–Crippen MR) is 77.1 cm³/mol. The summed E-state index contributed by atoms with van der Waals surface area (Å²) in [6, 6.07) is 4.15. The molecule has 4 nitrogen and oxygen atoms in total. The molecule has 7 heteroatoms. The third-order valence-corrected chi connectivity index (χ3v) is 4.49. The molecule has 0 amide bonds. The molecule has 1 aromatic rings. The number of nitrogens with one attached hydrogen (secondary N) is 1. The molecule has 1 rings (SSSR count). The monoisotopic (exact) mass is 325 g/mol. The van der Waals surface area contributed by atoms with Gasteiger partial charge in [-0.2, -0.15) is 0 Å². The van der Waals surface area contributed by atoms with Gasteiger partial charge in [0, 0.05) is 23.2 Å². The fraction of sp³-hybridized carbons (Fsp3) is 0.500. The van der Waals surface area contributed by atoms with Gasteiger partial charge in [0.25, 0.3) is 0 Å². The van der Waals surface area contributed by atoms with Crippen LogP contribution < -0.4 is 4.72 Å². The minimum atomic E-state index is -3.66. The van der Waals surface area contributed by atoms with E-state index in [1.54, 1.807) is 0 Å². The van der Waals surface area contributed by atoms with Gasteiger partial charge in [-0.05, 0) is 30.0 Å². The van der Waals surface area contributed by atoms with Gasteiger partial charge in [0.2, 0.25) is 10.0 Å². The lowest BCUT2D eigenvalue weighted by molar-refractivity contribution is 0.213. The minimum Gasteiger partial charge on any atom is -0.396 e. The summed E-state index contributed by atoms with van der Waals surface area (Å²) >= 11 is 11.6. The number of hydrogen-bond acceptors (Lipinski definition) is 3. The lowest BCUT2D eigenvalue weighted by Crippen LogP contribution is -2.34. The van der Waals surface area contributed by atoms with Gasteiger partial charge in [0.05, 0.1) is 4.90 Å². The molecule has 0 unspecified atom stereocenters. The molecule has 0 bridgehead atoms. The average Bonchev–Trinajstić information content (AvgIpc) is 2.25. The van der Waals surface area contributed by atoms with Crippen molar-refractivity contribution >= 4 is 33.2 Å². The second kappa shape index (κ2) is 6.41. The Morgan fingerprint density at radius 1 is 1.21 bits per heavy atom. The third-order valence-electron chi connectivity index (χ3n) is 2.68. The van der Waals surface area contributed by atoms with Crippen molar-refractivity contribution in [2.75, 3.05) is 13.2 Å². The number of aliphatic hydroxyl groups excluding tert-OH is 1. The van der Waals surface area contributed by atoms with Gasteiger partial charge in [0.15, 0.2) is 0 Å². The predicted octanol–water partition coefficient (Wildman–Crippen LogP) is 2.68. The summed E-state index contributed by atoms with van der Waals surface area (Å²) in [5, 5.41) is 9.44. The van der Waals surface area contributed by atoms with E-state index in [0.29, 0.717) is 6.42 Å². The Morgan fingerprint density at radius 3 is 2.21 bits per heavy atom. The van der Waals surface area contributed by atoms with Gasteiger partial charge < -0.3 is 5.11 Å². The van der Waals surface area contributed by atoms with Crippen molar-refractivity contribution in [1.82, 2.24) is 4.72 Å². The number of rotatable bonds is 6. The number of hydrogen-bond donors (Lipinski definition) is 2. The highest BCUT2D eigenvalue weighted by Crippen LogP contribution is 2.23. The van der Waals surface area contributed by atoms with Crippen LogP contribution >= 0.6 is 23.2 Å². The van der Waals surface area contributed by atoms with E-state index in [4.69, 9.17) is 28.3 Å². The molecular formula is C12H17Cl2NO3S.